The van der Waals surface area contributed by atoms with Crippen LogP contribution in [-0.2, 0) is 0 Å². The molecule has 4 atom stereocenters. The highest BCUT2D eigenvalue weighted by Gasteiger charge is 2.50. The van der Waals surface area contributed by atoms with E-state index < -0.39 is 5.60 Å². The minimum absolute atomic E-state index is 0.383. The number of hydrogen-bond donors (Lipinski definition) is 1. The molecule has 2 saturated carbocycles. The zero-order chi connectivity index (χ0) is 12.0. The van der Waals surface area contributed by atoms with Crippen LogP contribution in [0.5, 0.6) is 0 Å². The van der Waals surface area contributed by atoms with E-state index in [2.05, 4.69) is 27.4 Å². The maximum atomic E-state index is 10.6. The molecule has 0 amide bonds. The van der Waals surface area contributed by atoms with E-state index in [1.54, 1.807) is 0 Å². The normalized spacial score (nSPS) is 48.5. The van der Waals surface area contributed by atoms with Crippen molar-refractivity contribution >= 4 is 0 Å². The van der Waals surface area contributed by atoms with E-state index in [-0.39, 0.29) is 0 Å². The fraction of sp³-hybridized carbons (Fsp3) is 0.867. The summed E-state index contributed by atoms with van der Waals surface area (Å²) in [5.74, 6) is 1.12. The van der Waals surface area contributed by atoms with Crippen LogP contribution in [0.3, 0.4) is 0 Å². The molecule has 0 aromatic rings. The Morgan fingerprint density at radius 2 is 1.94 bits per heavy atom. The Bertz CT molecular complexity index is 292. The molecular weight excluding hydrogens is 196 g/mol. The monoisotopic (exact) mass is 222 g/mol. The van der Waals surface area contributed by atoms with Crippen LogP contribution in [-0.4, -0.2) is 10.7 Å². The number of hydrogen-bond acceptors (Lipinski definition) is 1. The van der Waals surface area contributed by atoms with Crippen LogP contribution in [0.2, 0.25) is 0 Å². The summed E-state index contributed by atoms with van der Waals surface area (Å²) in [7, 11) is 0. The lowest BCUT2D eigenvalue weighted by molar-refractivity contribution is -0.120. The molecule has 2 rings (SSSR count). The van der Waals surface area contributed by atoms with Crippen molar-refractivity contribution in [3.8, 4) is 0 Å². The summed E-state index contributed by atoms with van der Waals surface area (Å²) >= 11 is 0. The second-order valence-electron chi connectivity index (χ2n) is 6.73. The zero-order valence-electron chi connectivity index (χ0n) is 11.1. The van der Waals surface area contributed by atoms with Gasteiger partial charge in [-0.15, -0.1) is 0 Å². The Morgan fingerprint density at radius 1 is 1.25 bits per heavy atom. The molecule has 0 saturated heterocycles. The molecule has 1 N–H and O–H groups in total. The van der Waals surface area contributed by atoms with Gasteiger partial charge in [0.05, 0.1) is 5.60 Å². The Labute approximate surface area is 99.9 Å². The van der Waals surface area contributed by atoms with Crippen molar-refractivity contribution in [2.45, 2.75) is 64.9 Å². The first-order valence-corrected chi connectivity index (χ1v) is 6.73. The predicted octanol–water partition coefficient (Wildman–Crippen LogP) is 3.92. The first-order chi connectivity index (χ1) is 7.35. The molecular formula is C15H26O. The first kappa shape index (κ1) is 12.2. The Kier molecular flexibility index (Phi) is 2.94. The molecule has 0 heterocycles. The summed E-state index contributed by atoms with van der Waals surface area (Å²) < 4.78 is 0. The smallest absolute Gasteiger partial charge is 0.0653 e. The maximum Gasteiger partial charge on any atom is 0.0653 e. The molecule has 0 spiro atoms. The van der Waals surface area contributed by atoms with Gasteiger partial charge in [-0.05, 0) is 63.2 Å². The van der Waals surface area contributed by atoms with E-state index >= 15 is 0 Å². The molecule has 92 valence electrons. The molecule has 1 nitrogen and oxygen atoms in total. The van der Waals surface area contributed by atoms with Crippen molar-refractivity contribution in [2.75, 3.05) is 0 Å². The molecule has 2 fully saturated rings. The SMILES string of the molecule is C=C(C)C1CCC2(C)CCC[C@@](C)(O)C2C1. The van der Waals surface area contributed by atoms with Gasteiger partial charge in [-0.3, -0.25) is 0 Å². The van der Waals surface area contributed by atoms with Gasteiger partial charge in [0, 0.05) is 0 Å². The van der Waals surface area contributed by atoms with Crippen molar-refractivity contribution in [3.05, 3.63) is 12.2 Å². The van der Waals surface area contributed by atoms with Crippen molar-refractivity contribution < 1.29 is 5.11 Å². The fourth-order valence-corrected chi connectivity index (χ4v) is 4.14. The van der Waals surface area contributed by atoms with Gasteiger partial charge in [-0.1, -0.05) is 25.5 Å². The summed E-state index contributed by atoms with van der Waals surface area (Å²) in [6.45, 7) is 10.7. The van der Waals surface area contributed by atoms with Gasteiger partial charge >= 0.3 is 0 Å². The number of aliphatic hydroxyl groups is 1. The molecule has 3 unspecified atom stereocenters. The van der Waals surface area contributed by atoms with Crippen molar-refractivity contribution in [1.82, 2.24) is 0 Å². The lowest BCUT2D eigenvalue weighted by Gasteiger charge is -2.54. The van der Waals surface area contributed by atoms with Crippen LogP contribution >= 0.6 is 0 Å². The largest absolute Gasteiger partial charge is 0.390 e. The predicted molar refractivity (Wildman–Crippen MR) is 68.2 cm³/mol. The van der Waals surface area contributed by atoms with Gasteiger partial charge in [0.2, 0.25) is 0 Å². The van der Waals surface area contributed by atoms with Gasteiger partial charge in [0.25, 0.3) is 0 Å². The van der Waals surface area contributed by atoms with Crippen LogP contribution < -0.4 is 0 Å². The van der Waals surface area contributed by atoms with Gasteiger partial charge in [-0.2, -0.15) is 0 Å². The number of fused-ring (bicyclic) bond motifs is 1. The highest BCUT2D eigenvalue weighted by atomic mass is 16.3. The second kappa shape index (κ2) is 3.87. The summed E-state index contributed by atoms with van der Waals surface area (Å²) in [6, 6.07) is 0. The highest BCUT2D eigenvalue weighted by molar-refractivity contribution is 5.07. The zero-order valence-corrected chi connectivity index (χ0v) is 11.1. The molecule has 0 aliphatic heterocycles. The maximum absolute atomic E-state index is 10.6. The second-order valence-corrected chi connectivity index (χ2v) is 6.73. The van der Waals surface area contributed by atoms with E-state index in [0.717, 1.165) is 12.8 Å². The van der Waals surface area contributed by atoms with Gasteiger partial charge in [0.1, 0.15) is 0 Å². The van der Waals surface area contributed by atoms with E-state index in [4.69, 9.17) is 0 Å². The van der Waals surface area contributed by atoms with Crippen LogP contribution in [0.25, 0.3) is 0 Å². The Morgan fingerprint density at radius 3 is 2.56 bits per heavy atom. The third-order valence-corrected chi connectivity index (χ3v) is 5.30. The molecule has 16 heavy (non-hydrogen) atoms. The van der Waals surface area contributed by atoms with Crippen molar-refractivity contribution in [2.24, 2.45) is 17.3 Å². The summed E-state index contributed by atoms with van der Waals surface area (Å²) in [5.41, 5.74) is 1.25. The minimum Gasteiger partial charge on any atom is -0.390 e. The van der Waals surface area contributed by atoms with E-state index in [0.29, 0.717) is 17.3 Å². The average Bonchev–Trinajstić information content (AvgIpc) is 2.15. The van der Waals surface area contributed by atoms with Gasteiger partial charge in [-0.25, -0.2) is 0 Å². The van der Waals surface area contributed by atoms with Crippen LogP contribution in [0.1, 0.15) is 59.3 Å². The van der Waals surface area contributed by atoms with Crippen molar-refractivity contribution in [1.29, 1.82) is 0 Å². The van der Waals surface area contributed by atoms with E-state index in [1.165, 1.54) is 31.3 Å². The van der Waals surface area contributed by atoms with E-state index in [9.17, 15) is 5.11 Å². The molecule has 0 aromatic carbocycles. The third kappa shape index (κ3) is 1.95. The quantitative estimate of drug-likeness (QED) is 0.667. The number of allylic oxidation sites excluding steroid dienone is 1. The standard InChI is InChI=1S/C15H26O/c1-11(2)12-6-9-14(3)7-5-8-15(4,16)13(14)10-12/h12-13,16H,1,5-10H2,2-4H3/t12?,13?,14?,15-/m1/s1. The molecule has 0 radical (unpaired) electrons. The average molecular weight is 222 g/mol. The third-order valence-electron chi connectivity index (χ3n) is 5.30. The molecule has 1 heteroatoms. The topological polar surface area (TPSA) is 20.2 Å². The molecule has 0 aromatic heterocycles. The Hall–Kier alpha value is -0.300. The summed E-state index contributed by atoms with van der Waals surface area (Å²) in [5, 5.41) is 10.6. The van der Waals surface area contributed by atoms with Gasteiger partial charge < -0.3 is 5.11 Å². The van der Waals surface area contributed by atoms with Crippen LogP contribution in [0.15, 0.2) is 12.2 Å². The van der Waals surface area contributed by atoms with Crippen molar-refractivity contribution in [3.63, 3.8) is 0 Å². The summed E-state index contributed by atoms with van der Waals surface area (Å²) in [6.07, 6.45) is 7.17. The highest BCUT2D eigenvalue weighted by Crippen LogP contribution is 2.56. The van der Waals surface area contributed by atoms with Crippen LogP contribution in [0.4, 0.5) is 0 Å². The molecule has 2 aliphatic carbocycles. The van der Waals surface area contributed by atoms with E-state index in [1.807, 2.05) is 0 Å². The molecule has 2 aliphatic rings. The van der Waals surface area contributed by atoms with Crippen LogP contribution in [0, 0.1) is 17.3 Å². The fourth-order valence-electron chi connectivity index (χ4n) is 4.14. The first-order valence-electron chi connectivity index (χ1n) is 6.73. The Balaban J connectivity index is 2.21. The lowest BCUT2D eigenvalue weighted by atomic mass is 9.53. The lowest BCUT2D eigenvalue weighted by Crippen LogP contribution is -2.51. The minimum atomic E-state index is -0.443. The van der Waals surface area contributed by atoms with Gasteiger partial charge in [0.15, 0.2) is 0 Å². The molecule has 0 bridgehead atoms. The summed E-state index contributed by atoms with van der Waals surface area (Å²) in [4.78, 5) is 0. The number of rotatable bonds is 1.